The van der Waals surface area contributed by atoms with E-state index < -0.39 is 63.4 Å². The summed E-state index contributed by atoms with van der Waals surface area (Å²) < 4.78 is 2.86. The van der Waals surface area contributed by atoms with Crippen molar-refractivity contribution in [1.82, 2.24) is 0 Å². The molecule has 0 fully saturated rings. The number of fused-ring (bicyclic) bond motifs is 2. The molecule has 5 aromatic rings. The Bertz CT molecular complexity index is 2270. The second-order valence-corrected chi connectivity index (χ2v) is 18.0. The van der Waals surface area contributed by atoms with E-state index in [-0.39, 0.29) is 0 Å². The number of ketones is 4. The lowest BCUT2D eigenvalue weighted by Gasteiger charge is -2.13. The Morgan fingerprint density at radius 3 is 0.722 bits per heavy atom. The molecule has 0 spiro atoms. The molecule has 2 heterocycles. The first-order valence-corrected chi connectivity index (χ1v) is 21.5. The van der Waals surface area contributed by atoms with E-state index in [0.717, 1.165) is 0 Å². The number of rotatable bonds is 0. The summed E-state index contributed by atoms with van der Waals surface area (Å²) in [4.78, 5) is 44.0. The molecule has 2 aliphatic carbocycles. The van der Waals surface area contributed by atoms with Crippen LogP contribution in [0.3, 0.4) is 0 Å². The summed E-state index contributed by atoms with van der Waals surface area (Å²) in [6.45, 7) is 0. The third-order valence-electron chi connectivity index (χ3n) is 7.73. The highest BCUT2D eigenvalue weighted by Crippen LogP contribution is 2.50. The Labute approximate surface area is 364 Å². The Morgan fingerprint density at radius 1 is 0.315 bits per heavy atom. The molecule has 0 aromatic heterocycles. The van der Waals surface area contributed by atoms with Crippen LogP contribution in [0.5, 0.6) is 0 Å². The highest BCUT2D eigenvalue weighted by Gasteiger charge is 2.32. The highest BCUT2D eigenvalue weighted by atomic mass is 35.5. The number of carbonyl (C=O) groups excluding carboxylic acids is 4. The van der Waals surface area contributed by atoms with E-state index in [0.29, 0.717) is 0 Å². The van der Waals surface area contributed by atoms with E-state index in [1.165, 1.54) is 51.6 Å². The van der Waals surface area contributed by atoms with Crippen LogP contribution in [-0.4, -0.2) is 23.1 Å². The van der Waals surface area contributed by atoms with Gasteiger partial charge in [-0.3, -0.25) is 19.2 Å². The lowest BCUT2D eigenvalue weighted by molar-refractivity contribution is -0.114. The largest absolute Gasteiger partial charge is 0.286 e. The van der Waals surface area contributed by atoms with Gasteiger partial charge in [-0.05, 0) is 64.7 Å². The fraction of sp³-hybridized carbons (Fsp3) is 0. The van der Waals surface area contributed by atoms with Gasteiger partial charge in [-0.2, -0.15) is 0 Å². The monoisotopic (exact) mass is 944 g/mol. The summed E-state index contributed by atoms with van der Waals surface area (Å²) in [7, 11) is 0. The molecule has 54 heavy (non-hydrogen) atoms. The van der Waals surface area contributed by atoms with E-state index in [1.807, 2.05) is 47.0 Å². The molecule has 4 aliphatic rings. The number of thioether (sulfide) groups is 4. The second-order valence-electron chi connectivity index (χ2n) is 10.8. The number of carbonyl (C=O) groups is 4. The first-order valence-electron chi connectivity index (χ1n) is 15.0. The van der Waals surface area contributed by atoms with Crippen molar-refractivity contribution in [3.05, 3.63) is 143 Å². The molecule has 0 unspecified atom stereocenters. The van der Waals surface area contributed by atoms with Crippen molar-refractivity contribution in [1.29, 1.82) is 0 Å². The van der Waals surface area contributed by atoms with E-state index >= 15 is 0 Å². The molecule has 0 radical (unpaired) electrons. The summed E-state index contributed by atoms with van der Waals surface area (Å²) in [5.74, 6) is -2.92. The van der Waals surface area contributed by atoms with Gasteiger partial charge in [-0.15, -0.1) is 0 Å². The maximum Gasteiger partial charge on any atom is 0.219 e. The summed E-state index contributed by atoms with van der Waals surface area (Å²) >= 11 is 50.3. The zero-order chi connectivity index (χ0) is 38.8. The number of hydrogen-bond acceptors (Lipinski definition) is 8. The average Bonchev–Trinajstić information content (AvgIpc) is 3.95. The van der Waals surface area contributed by atoms with Crippen molar-refractivity contribution < 1.29 is 19.2 Å². The van der Waals surface area contributed by atoms with Crippen LogP contribution in [0, 0.1) is 0 Å². The van der Waals surface area contributed by atoms with Gasteiger partial charge in [0.1, 0.15) is 40.3 Å². The van der Waals surface area contributed by atoms with E-state index in [2.05, 4.69) is 94.4 Å². The fourth-order valence-corrected chi connectivity index (χ4v) is 11.0. The molecule has 2 aliphatic heterocycles. The molecule has 16 heteroatoms. The summed E-state index contributed by atoms with van der Waals surface area (Å²) in [6, 6.07) is 26.4. The van der Waals surface area contributed by atoms with Crippen molar-refractivity contribution in [2.24, 2.45) is 0 Å². The minimum atomic E-state index is -0.729. The van der Waals surface area contributed by atoms with Crippen LogP contribution >= 0.6 is 140 Å². The molecule has 0 saturated heterocycles. The molecule has 0 saturated carbocycles. The van der Waals surface area contributed by atoms with Crippen LogP contribution in [0.25, 0.3) is 43.1 Å². The van der Waals surface area contributed by atoms with Gasteiger partial charge in [0.2, 0.25) is 23.1 Å². The van der Waals surface area contributed by atoms with Gasteiger partial charge in [-0.25, -0.2) is 0 Å². The van der Waals surface area contributed by atoms with Gasteiger partial charge < -0.3 is 0 Å². The molecule has 0 bridgehead atoms. The van der Waals surface area contributed by atoms with Crippen LogP contribution in [-0.2, 0) is 19.2 Å². The Balaban J connectivity index is 0.000000129. The molecule has 9 rings (SSSR count). The Morgan fingerprint density at radius 2 is 0.519 bits per heavy atom. The topological polar surface area (TPSA) is 68.3 Å². The van der Waals surface area contributed by atoms with Crippen LogP contribution in [0.2, 0.25) is 0 Å². The van der Waals surface area contributed by atoms with Gasteiger partial charge in [0.25, 0.3) is 0 Å². The van der Waals surface area contributed by atoms with Gasteiger partial charge >= 0.3 is 0 Å². The van der Waals surface area contributed by atoms with Gasteiger partial charge in [0, 0.05) is 0 Å². The Hall–Kier alpha value is -2.02. The van der Waals surface area contributed by atoms with E-state index in [1.54, 1.807) is 0 Å². The van der Waals surface area contributed by atoms with Crippen molar-refractivity contribution in [2.75, 3.05) is 0 Å². The number of benzene rings is 5. The van der Waals surface area contributed by atoms with Crippen molar-refractivity contribution >= 4 is 206 Å². The van der Waals surface area contributed by atoms with E-state index in [4.69, 9.17) is 92.8 Å². The van der Waals surface area contributed by atoms with Gasteiger partial charge in [0.15, 0.2) is 0 Å². The number of Topliss-reactive ketones (excluding diaryl/α,β-unsaturated/α-hetero) is 4. The highest BCUT2D eigenvalue weighted by molar-refractivity contribution is 8.33. The molecule has 5 aromatic carbocycles. The SMILES string of the molecule is C1=CSC(=C2SC=CS2)S1.O=C1C(Cl)=C(Cl)C(=O)C(Cl)=C1Cl.O=C1C(Cl)=C(Cl)C(=O)C(Cl)=C1Cl.c1cc2cccc3c4cccc5cccc(c(c1)c23)c54. The molecular weight excluding hydrogens is 932 g/mol. The minimum Gasteiger partial charge on any atom is -0.286 e. The second kappa shape index (κ2) is 18.1. The van der Waals surface area contributed by atoms with Crippen LogP contribution in [0.4, 0.5) is 0 Å². The zero-order valence-corrected chi connectivity index (χ0v) is 35.8. The van der Waals surface area contributed by atoms with Crippen LogP contribution < -0.4 is 0 Å². The zero-order valence-electron chi connectivity index (χ0n) is 26.5. The minimum absolute atomic E-state index is 0.393. The lowest BCUT2D eigenvalue weighted by Crippen LogP contribution is -2.14. The summed E-state index contributed by atoms with van der Waals surface area (Å²) in [5.41, 5.74) is 0. The van der Waals surface area contributed by atoms with E-state index in [9.17, 15) is 19.2 Å². The number of halogens is 8. The molecule has 4 nitrogen and oxygen atoms in total. The van der Waals surface area contributed by atoms with Gasteiger partial charge in [-0.1, -0.05) is 213 Å². The average molecular weight is 948 g/mol. The van der Waals surface area contributed by atoms with Crippen LogP contribution in [0.1, 0.15) is 0 Å². The van der Waals surface area contributed by atoms with Crippen LogP contribution in [0.15, 0.2) is 143 Å². The van der Waals surface area contributed by atoms with Gasteiger partial charge in [0.05, 0.1) is 8.47 Å². The third-order valence-corrected chi connectivity index (χ3v) is 15.8. The van der Waals surface area contributed by atoms with Crippen molar-refractivity contribution in [2.45, 2.75) is 0 Å². The maximum atomic E-state index is 11.0. The smallest absolute Gasteiger partial charge is 0.219 e. The maximum absolute atomic E-state index is 11.0. The molecular formula is C38H16Cl8O4S4. The van der Waals surface area contributed by atoms with Crippen molar-refractivity contribution in [3.63, 3.8) is 0 Å². The number of allylic oxidation sites excluding steroid dienone is 8. The molecule has 0 amide bonds. The Kier molecular flexibility index (Phi) is 13.9. The summed E-state index contributed by atoms with van der Waals surface area (Å²) in [6.07, 6.45) is 0. The summed E-state index contributed by atoms with van der Waals surface area (Å²) in [5, 5.41) is 16.3. The molecule has 0 N–H and O–H groups in total. The normalized spacial score (nSPS) is 17.3. The van der Waals surface area contributed by atoms with Crippen molar-refractivity contribution in [3.8, 4) is 0 Å². The molecule has 0 atom stereocenters. The first kappa shape index (κ1) is 41.6. The third kappa shape index (κ3) is 8.33. The fourth-order valence-electron chi connectivity index (χ4n) is 5.37. The quantitative estimate of drug-likeness (QED) is 0.0864. The number of hydrogen-bond donors (Lipinski definition) is 0. The predicted molar refractivity (Wildman–Crippen MR) is 238 cm³/mol. The first-order chi connectivity index (χ1) is 25.8. The standard InChI is InChI=1S/C20H12.2C6Cl4O2.C6H4S4/c1-5-13-6-2-11-17-18-12-4-8-14-7-3-10-16(20(14)18)15(9-1)19(13)17;2*7-1-2(8)6(12)4(10)3(9)5(1)11;1-2-8-5(7-1)6-9-3-4-10-6/h1-12H;;;1-4H. The lowest BCUT2D eigenvalue weighted by atomic mass is 9.90. The predicted octanol–water partition coefficient (Wildman–Crippen LogP) is 14.8. The molecule has 272 valence electrons.